The number of anilines is 1. The van der Waals surface area contributed by atoms with Crippen molar-refractivity contribution in [3.63, 3.8) is 0 Å². The van der Waals surface area contributed by atoms with Gasteiger partial charge in [-0.15, -0.1) is 0 Å². The van der Waals surface area contributed by atoms with E-state index in [2.05, 4.69) is 4.74 Å². The quantitative estimate of drug-likeness (QED) is 0.585. The SMILES string of the molecule is Nc1c2c(cc(=O)n1-c1cc(C(F)(F)F)ccc1OCC(F)(F)F)C(=O)NC2=O. The molecule has 1 aromatic carbocycles. The zero-order chi connectivity index (χ0) is 21.7. The highest BCUT2D eigenvalue weighted by Gasteiger charge is 2.35. The highest BCUT2D eigenvalue weighted by molar-refractivity contribution is 6.23. The molecule has 13 heteroatoms. The number of hydrogen-bond acceptors (Lipinski definition) is 5. The molecule has 7 nitrogen and oxygen atoms in total. The van der Waals surface area contributed by atoms with Crippen LogP contribution in [0.15, 0.2) is 29.1 Å². The first-order valence-electron chi connectivity index (χ1n) is 7.62. The topological polar surface area (TPSA) is 103 Å². The monoisotopic (exact) mass is 421 g/mol. The molecule has 1 aliphatic heterocycles. The number of carbonyl (C=O) groups is 2. The van der Waals surface area contributed by atoms with Crippen LogP contribution in [-0.4, -0.2) is 29.2 Å². The Kier molecular flexibility index (Phi) is 4.56. The van der Waals surface area contributed by atoms with Gasteiger partial charge in [-0.25, -0.2) is 0 Å². The lowest BCUT2D eigenvalue weighted by molar-refractivity contribution is -0.153. The average Bonchev–Trinajstić information content (AvgIpc) is 2.86. The van der Waals surface area contributed by atoms with E-state index in [0.717, 1.165) is 0 Å². The molecule has 0 saturated heterocycles. The number of amides is 2. The van der Waals surface area contributed by atoms with Crippen molar-refractivity contribution in [3.05, 3.63) is 51.3 Å². The van der Waals surface area contributed by atoms with Crippen molar-refractivity contribution < 1.29 is 40.7 Å². The third-order valence-electron chi connectivity index (χ3n) is 3.87. The van der Waals surface area contributed by atoms with Gasteiger partial charge in [0.25, 0.3) is 17.4 Å². The highest BCUT2D eigenvalue weighted by atomic mass is 19.4. The number of nitrogens with two attached hydrogens (primary N) is 1. The Labute approximate surface area is 156 Å². The molecule has 3 rings (SSSR count). The number of pyridine rings is 1. The zero-order valence-corrected chi connectivity index (χ0v) is 13.9. The highest BCUT2D eigenvalue weighted by Crippen LogP contribution is 2.36. The van der Waals surface area contributed by atoms with E-state index in [1.54, 1.807) is 0 Å². The maximum atomic E-state index is 13.1. The number of ether oxygens (including phenoxy) is 1. The Morgan fingerprint density at radius 2 is 1.66 bits per heavy atom. The Morgan fingerprint density at radius 1 is 1.00 bits per heavy atom. The summed E-state index contributed by atoms with van der Waals surface area (Å²) in [5.74, 6) is -3.43. The lowest BCUT2D eigenvalue weighted by Gasteiger charge is -2.18. The van der Waals surface area contributed by atoms with Crippen molar-refractivity contribution in [1.82, 2.24) is 9.88 Å². The van der Waals surface area contributed by atoms with Crippen LogP contribution in [0.4, 0.5) is 32.2 Å². The predicted molar refractivity (Wildman–Crippen MR) is 84.8 cm³/mol. The number of fused-ring (bicyclic) bond motifs is 1. The number of nitrogens with one attached hydrogen (secondary N) is 1. The molecule has 3 N–H and O–H groups in total. The molecule has 1 aromatic heterocycles. The summed E-state index contributed by atoms with van der Waals surface area (Å²) in [7, 11) is 0. The molecule has 0 bridgehead atoms. The van der Waals surface area contributed by atoms with Gasteiger partial charge in [0, 0.05) is 6.07 Å². The number of hydrogen-bond donors (Lipinski definition) is 2. The second-order valence-electron chi connectivity index (χ2n) is 5.86. The first-order valence-corrected chi connectivity index (χ1v) is 7.62. The van der Waals surface area contributed by atoms with Gasteiger partial charge in [-0.05, 0) is 18.2 Å². The van der Waals surface area contributed by atoms with Crippen molar-refractivity contribution in [1.29, 1.82) is 0 Å². The number of benzene rings is 1. The minimum absolute atomic E-state index is 0.352. The molecule has 154 valence electrons. The molecule has 0 unspecified atom stereocenters. The molecule has 0 radical (unpaired) electrons. The summed E-state index contributed by atoms with van der Waals surface area (Å²) in [5.41, 5.74) is 1.59. The van der Waals surface area contributed by atoms with Crippen molar-refractivity contribution >= 4 is 17.6 Å². The molecule has 2 aromatic rings. The summed E-state index contributed by atoms with van der Waals surface area (Å²) in [6.07, 6.45) is -9.72. The number of carbonyl (C=O) groups excluding carboxylic acids is 2. The van der Waals surface area contributed by atoms with Crippen molar-refractivity contribution in [2.75, 3.05) is 12.3 Å². The summed E-state index contributed by atoms with van der Waals surface area (Å²) in [6, 6.07) is 2.04. The first-order chi connectivity index (χ1) is 13.3. The van der Waals surface area contributed by atoms with E-state index in [1.165, 1.54) is 0 Å². The maximum absolute atomic E-state index is 13.1. The Hall–Kier alpha value is -3.51. The first kappa shape index (κ1) is 20.2. The van der Waals surface area contributed by atoms with Gasteiger partial charge in [-0.2, -0.15) is 26.3 Å². The van der Waals surface area contributed by atoms with Crippen LogP contribution in [-0.2, 0) is 6.18 Å². The smallest absolute Gasteiger partial charge is 0.422 e. The molecule has 2 amide bonds. The minimum Gasteiger partial charge on any atom is -0.482 e. The Morgan fingerprint density at radius 3 is 2.24 bits per heavy atom. The largest absolute Gasteiger partial charge is 0.482 e. The third kappa shape index (κ3) is 3.75. The van der Waals surface area contributed by atoms with Crippen molar-refractivity contribution in [2.24, 2.45) is 0 Å². The lowest BCUT2D eigenvalue weighted by Crippen LogP contribution is -2.26. The van der Waals surface area contributed by atoms with E-state index < -0.39 is 70.3 Å². The van der Waals surface area contributed by atoms with Gasteiger partial charge < -0.3 is 10.5 Å². The molecule has 29 heavy (non-hydrogen) atoms. The van der Waals surface area contributed by atoms with Crippen molar-refractivity contribution in [2.45, 2.75) is 12.4 Å². The predicted octanol–water partition coefficient (Wildman–Crippen LogP) is 2.26. The summed E-state index contributed by atoms with van der Waals surface area (Å²) >= 11 is 0. The fraction of sp³-hybridized carbons (Fsp3) is 0.188. The average molecular weight is 421 g/mol. The van der Waals surface area contributed by atoms with Crippen LogP contribution in [0.3, 0.4) is 0 Å². The molecule has 0 saturated carbocycles. The fourth-order valence-corrected chi connectivity index (χ4v) is 2.68. The number of nitrogens with zero attached hydrogens (tertiary/aromatic N) is 1. The van der Waals surface area contributed by atoms with E-state index in [-0.39, 0.29) is 0 Å². The number of imide groups is 1. The van der Waals surface area contributed by atoms with E-state index in [9.17, 15) is 40.7 Å². The van der Waals surface area contributed by atoms with Crippen LogP contribution in [0.25, 0.3) is 5.69 Å². The van der Waals surface area contributed by atoms with E-state index in [0.29, 0.717) is 28.8 Å². The Bertz CT molecular complexity index is 1090. The normalized spacial score (nSPS) is 14.0. The summed E-state index contributed by atoms with van der Waals surface area (Å²) < 4.78 is 81.6. The molecule has 2 heterocycles. The van der Waals surface area contributed by atoms with Crippen LogP contribution < -0.4 is 21.3 Å². The van der Waals surface area contributed by atoms with Gasteiger partial charge in [0.05, 0.1) is 22.4 Å². The molecule has 0 atom stereocenters. The fourth-order valence-electron chi connectivity index (χ4n) is 2.68. The van der Waals surface area contributed by atoms with E-state index in [4.69, 9.17) is 5.73 Å². The second kappa shape index (κ2) is 6.53. The number of nitrogen functional groups attached to an aromatic ring is 1. The van der Waals surface area contributed by atoms with Gasteiger partial charge in [0.15, 0.2) is 6.61 Å². The van der Waals surface area contributed by atoms with Crippen molar-refractivity contribution in [3.8, 4) is 11.4 Å². The molecule has 0 spiro atoms. The van der Waals surface area contributed by atoms with Gasteiger partial charge in [-0.1, -0.05) is 0 Å². The van der Waals surface area contributed by atoms with Gasteiger partial charge in [-0.3, -0.25) is 24.3 Å². The molecule has 1 aliphatic rings. The van der Waals surface area contributed by atoms with Crippen LogP contribution in [0, 0.1) is 0 Å². The summed E-state index contributed by atoms with van der Waals surface area (Å²) in [5, 5.41) is 1.85. The second-order valence-corrected chi connectivity index (χ2v) is 5.86. The van der Waals surface area contributed by atoms with Gasteiger partial charge >= 0.3 is 12.4 Å². The Balaban J connectivity index is 2.26. The molecular formula is C16H9F6N3O4. The van der Waals surface area contributed by atoms with Gasteiger partial charge in [0.2, 0.25) is 0 Å². The number of alkyl halides is 6. The zero-order valence-electron chi connectivity index (χ0n) is 13.9. The maximum Gasteiger partial charge on any atom is 0.422 e. The number of rotatable bonds is 3. The summed E-state index contributed by atoms with van der Waals surface area (Å²) in [6.45, 7) is -1.86. The third-order valence-corrected chi connectivity index (χ3v) is 3.87. The van der Waals surface area contributed by atoms with Crippen LogP contribution in [0.2, 0.25) is 0 Å². The standard InChI is InChI=1S/C16H9F6N3O4/c17-15(18,19)5-29-9-2-1-6(16(20,21)22)3-8(9)25-10(26)4-7-11(12(25)23)14(28)24-13(7)27/h1-4H,5,23H2,(H,24,27,28). The minimum atomic E-state index is -4.90. The lowest BCUT2D eigenvalue weighted by atomic mass is 10.1. The van der Waals surface area contributed by atoms with Crippen LogP contribution >= 0.6 is 0 Å². The van der Waals surface area contributed by atoms with E-state index in [1.807, 2.05) is 5.32 Å². The van der Waals surface area contributed by atoms with Crippen LogP contribution in [0.5, 0.6) is 5.75 Å². The molecule has 0 aliphatic carbocycles. The summed E-state index contributed by atoms with van der Waals surface area (Å²) in [4.78, 5) is 35.9. The van der Waals surface area contributed by atoms with E-state index >= 15 is 0 Å². The molecule has 0 fully saturated rings. The number of halogens is 6. The van der Waals surface area contributed by atoms with Gasteiger partial charge in [0.1, 0.15) is 11.6 Å². The van der Waals surface area contributed by atoms with Crippen LogP contribution in [0.1, 0.15) is 26.3 Å². The molecular weight excluding hydrogens is 412 g/mol. The number of aromatic nitrogens is 1.